The first kappa shape index (κ1) is 7.34. The summed E-state index contributed by atoms with van der Waals surface area (Å²) in [6.07, 6.45) is 6.66. The van der Waals surface area contributed by atoms with E-state index in [2.05, 4.69) is 0 Å². The molecule has 4 atom stereocenters. The van der Waals surface area contributed by atoms with Gasteiger partial charge < -0.3 is 9.84 Å². The Hall–Kier alpha value is -0.0800. The summed E-state index contributed by atoms with van der Waals surface area (Å²) in [4.78, 5) is 0. The summed E-state index contributed by atoms with van der Waals surface area (Å²) in [5, 5.41) is 9.31. The molecule has 4 aliphatic rings. The SMILES string of the molecule is OCC12C[C@@H]3CC(C[C@@H](C3)C1)O2. The number of aliphatic hydroxyl groups excluding tert-OH is 1. The third-order valence-electron chi connectivity index (χ3n) is 3.89. The van der Waals surface area contributed by atoms with Gasteiger partial charge in [-0.2, -0.15) is 0 Å². The summed E-state index contributed by atoms with van der Waals surface area (Å²) in [6, 6.07) is 0. The molecule has 2 nitrogen and oxygen atoms in total. The summed E-state index contributed by atoms with van der Waals surface area (Å²) in [7, 11) is 0. The molecule has 0 radical (unpaired) electrons. The van der Waals surface area contributed by atoms with Crippen molar-refractivity contribution in [3.8, 4) is 0 Å². The van der Waals surface area contributed by atoms with Gasteiger partial charge in [-0.05, 0) is 43.9 Å². The molecule has 0 spiro atoms. The fraction of sp³-hybridized carbons (Fsp3) is 1.00. The monoisotopic (exact) mass is 168 g/mol. The fourth-order valence-electron chi connectivity index (χ4n) is 3.68. The fourth-order valence-corrected chi connectivity index (χ4v) is 3.68. The van der Waals surface area contributed by atoms with E-state index in [0.717, 1.165) is 24.7 Å². The summed E-state index contributed by atoms with van der Waals surface area (Å²) >= 11 is 0. The molecule has 2 heteroatoms. The van der Waals surface area contributed by atoms with E-state index >= 15 is 0 Å². The predicted octanol–water partition coefficient (Wildman–Crippen LogP) is 1.33. The molecule has 4 fully saturated rings. The molecule has 1 N–H and O–H groups in total. The molecule has 0 amide bonds. The first-order valence-corrected chi connectivity index (χ1v) is 5.08. The van der Waals surface area contributed by atoms with Crippen LogP contribution in [0.2, 0.25) is 0 Å². The minimum Gasteiger partial charge on any atom is -0.393 e. The van der Waals surface area contributed by atoms with Gasteiger partial charge in [0.05, 0.1) is 18.3 Å². The first-order valence-electron chi connectivity index (χ1n) is 5.08. The van der Waals surface area contributed by atoms with Crippen LogP contribution in [-0.2, 0) is 4.74 Å². The largest absolute Gasteiger partial charge is 0.393 e. The topological polar surface area (TPSA) is 29.5 Å². The van der Waals surface area contributed by atoms with Crippen molar-refractivity contribution < 1.29 is 9.84 Å². The van der Waals surface area contributed by atoms with Crippen molar-refractivity contribution in [3.05, 3.63) is 0 Å². The number of aliphatic hydroxyl groups is 1. The molecule has 12 heavy (non-hydrogen) atoms. The average molecular weight is 168 g/mol. The van der Waals surface area contributed by atoms with E-state index in [1.165, 1.54) is 19.3 Å². The lowest BCUT2D eigenvalue weighted by molar-refractivity contribution is -0.233. The van der Waals surface area contributed by atoms with Crippen molar-refractivity contribution in [2.24, 2.45) is 11.8 Å². The second-order valence-electron chi connectivity index (χ2n) is 4.93. The Morgan fingerprint density at radius 3 is 2.33 bits per heavy atom. The number of hydrogen-bond acceptors (Lipinski definition) is 2. The Balaban J connectivity index is 1.90. The van der Waals surface area contributed by atoms with Crippen LogP contribution in [-0.4, -0.2) is 23.4 Å². The van der Waals surface area contributed by atoms with Crippen LogP contribution in [0, 0.1) is 11.8 Å². The molecular weight excluding hydrogens is 152 g/mol. The van der Waals surface area contributed by atoms with E-state index in [1.807, 2.05) is 0 Å². The Morgan fingerprint density at radius 2 is 1.83 bits per heavy atom. The lowest BCUT2D eigenvalue weighted by atomic mass is 9.62. The van der Waals surface area contributed by atoms with Gasteiger partial charge in [-0.1, -0.05) is 0 Å². The second-order valence-corrected chi connectivity index (χ2v) is 4.93. The third-order valence-corrected chi connectivity index (χ3v) is 3.89. The highest BCUT2D eigenvalue weighted by molar-refractivity contribution is 5.01. The minimum absolute atomic E-state index is 0.102. The van der Waals surface area contributed by atoms with Gasteiger partial charge in [0, 0.05) is 0 Å². The van der Waals surface area contributed by atoms with Crippen LogP contribution in [0.15, 0.2) is 0 Å². The molecule has 2 saturated carbocycles. The van der Waals surface area contributed by atoms with E-state index in [9.17, 15) is 5.11 Å². The molecule has 0 aromatic rings. The first-order chi connectivity index (χ1) is 5.80. The number of rotatable bonds is 1. The van der Waals surface area contributed by atoms with Crippen molar-refractivity contribution in [2.75, 3.05) is 6.61 Å². The van der Waals surface area contributed by atoms with E-state index < -0.39 is 0 Å². The Kier molecular flexibility index (Phi) is 1.37. The second kappa shape index (κ2) is 2.24. The predicted molar refractivity (Wildman–Crippen MR) is 44.8 cm³/mol. The van der Waals surface area contributed by atoms with Crippen molar-refractivity contribution in [3.63, 3.8) is 0 Å². The van der Waals surface area contributed by atoms with Crippen LogP contribution in [0.5, 0.6) is 0 Å². The highest BCUT2D eigenvalue weighted by Crippen LogP contribution is 2.52. The van der Waals surface area contributed by atoms with Gasteiger partial charge in [0.2, 0.25) is 0 Å². The maximum Gasteiger partial charge on any atom is 0.0921 e. The van der Waals surface area contributed by atoms with E-state index in [4.69, 9.17) is 4.74 Å². The summed E-state index contributed by atoms with van der Waals surface area (Å²) < 4.78 is 5.91. The molecular formula is C10H16O2. The summed E-state index contributed by atoms with van der Waals surface area (Å²) in [6.45, 7) is 0.247. The van der Waals surface area contributed by atoms with Gasteiger partial charge in [0.15, 0.2) is 0 Å². The van der Waals surface area contributed by atoms with Gasteiger partial charge in [-0.15, -0.1) is 0 Å². The van der Waals surface area contributed by atoms with E-state index in [1.54, 1.807) is 0 Å². The highest BCUT2D eigenvalue weighted by atomic mass is 16.5. The third kappa shape index (κ3) is 0.882. The maximum atomic E-state index is 9.31. The smallest absolute Gasteiger partial charge is 0.0921 e. The lowest BCUT2D eigenvalue weighted by Gasteiger charge is -2.55. The van der Waals surface area contributed by atoms with Crippen LogP contribution >= 0.6 is 0 Å². The van der Waals surface area contributed by atoms with Gasteiger partial charge >= 0.3 is 0 Å². The van der Waals surface area contributed by atoms with Gasteiger partial charge in [-0.25, -0.2) is 0 Å². The molecule has 0 aromatic heterocycles. The Morgan fingerprint density at radius 1 is 1.17 bits per heavy atom. The zero-order valence-electron chi connectivity index (χ0n) is 7.33. The summed E-state index contributed by atoms with van der Waals surface area (Å²) in [5.74, 6) is 1.73. The van der Waals surface area contributed by atoms with Crippen molar-refractivity contribution in [1.82, 2.24) is 0 Å². The lowest BCUT2D eigenvalue weighted by Crippen LogP contribution is -2.56. The number of hydrogen-bond donors (Lipinski definition) is 1. The van der Waals surface area contributed by atoms with Crippen LogP contribution < -0.4 is 0 Å². The molecule has 0 aromatic carbocycles. The molecule has 2 heterocycles. The van der Waals surface area contributed by atoms with E-state index in [-0.39, 0.29) is 12.2 Å². The normalized spacial score (nSPS) is 56.2. The van der Waals surface area contributed by atoms with Gasteiger partial charge in [-0.3, -0.25) is 0 Å². The van der Waals surface area contributed by atoms with Crippen molar-refractivity contribution in [2.45, 2.75) is 43.8 Å². The van der Waals surface area contributed by atoms with E-state index in [0.29, 0.717) is 6.10 Å². The summed E-state index contributed by atoms with van der Waals surface area (Å²) in [5.41, 5.74) is -0.102. The standard InChI is InChI=1S/C10H16O2/c11-6-10-4-7-1-8(5-10)3-9(2-7)12-10/h7-9,11H,1-6H2/t7-,8+,9?,10?. The van der Waals surface area contributed by atoms with Gasteiger partial charge in [0.1, 0.15) is 0 Å². The molecule has 4 bridgehead atoms. The zero-order valence-corrected chi connectivity index (χ0v) is 7.33. The quantitative estimate of drug-likeness (QED) is 0.640. The minimum atomic E-state index is -0.102. The average Bonchev–Trinajstić information content (AvgIpc) is 2.02. The molecule has 4 rings (SSSR count). The van der Waals surface area contributed by atoms with Crippen LogP contribution in [0.4, 0.5) is 0 Å². The maximum absolute atomic E-state index is 9.31. The number of ether oxygens (including phenoxy) is 1. The van der Waals surface area contributed by atoms with Crippen LogP contribution in [0.25, 0.3) is 0 Å². The van der Waals surface area contributed by atoms with Crippen molar-refractivity contribution >= 4 is 0 Å². The molecule has 2 aliphatic heterocycles. The molecule has 2 unspecified atom stereocenters. The Labute approximate surface area is 72.9 Å². The van der Waals surface area contributed by atoms with Crippen molar-refractivity contribution in [1.29, 1.82) is 0 Å². The molecule has 2 aliphatic carbocycles. The van der Waals surface area contributed by atoms with Gasteiger partial charge in [0.25, 0.3) is 0 Å². The Bertz CT molecular complexity index is 165. The van der Waals surface area contributed by atoms with Crippen LogP contribution in [0.3, 0.4) is 0 Å². The van der Waals surface area contributed by atoms with Crippen LogP contribution in [0.1, 0.15) is 32.1 Å². The zero-order chi connectivity index (χ0) is 8.18. The molecule has 68 valence electrons. The molecule has 2 saturated heterocycles. The highest BCUT2D eigenvalue weighted by Gasteiger charge is 2.51.